The van der Waals surface area contributed by atoms with Crippen LogP contribution in [0.4, 0.5) is 0 Å². The Morgan fingerprint density at radius 3 is 2.81 bits per heavy atom. The number of aromatic amines is 1. The number of carbonyl (C=O) groups is 1. The lowest BCUT2D eigenvalue weighted by Gasteiger charge is -2.26. The van der Waals surface area contributed by atoms with E-state index in [0.29, 0.717) is 18.7 Å². The molecule has 1 fully saturated rings. The molecule has 1 N–H and O–H groups in total. The molecule has 6 heteroatoms. The van der Waals surface area contributed by atoms with Crippen LogP contribution in [0.2, 0.25) is 0 Å². The minimum atomic E-state index is 0.00341. The van der Waals surface area contributed by atoms with Crippen molar-refractivity contribution in [2.45, 2.75) is 25.5 Å². The molecular weight excluding hydrogens is 340 g/mol. The highest BCUT2D eigenvalue weighted by Crippen LogP contribution is 2.21. The van der Waals surface area contributed by atoms with Crippen LogP contribution in [0.3, 0.4) is 0 Å². The normalized spacial score (nSPS) is 16.4. The summed E-state index contributed by atoms with van der Waals surface area (Å²) >= 11 is 0. The van der Waals surface area contributed by atoms with E-state index in [1.807, 2.05) is 47.4 Å². The molecule has 1 saturated heterocycles. The smallest absolute Gasteiger partial charge is 0.254 e. The topological polar surface area (TPSA) is 71.1 Å². The van der Waals surface area contributed by atoms with E-state index in [2.05, 4.69) is 15.2 Å². The predicted octanol–water partition coefficient (Wildman–Crippen LogP) is 3.29. The van der Waals surface area contributed by atoms with Gasteiger partial charge in [-0.05, 0) is 48.7 Å². The van der Waals surface area contributed by atoms with Gasteiger partial charge in [-0.15, -0.1) is 0 Å². The first kappa shape index (κ1) is 17.4. The Morgan fingerprint density at radius 1 is 1.19 bits per heavy atom. The number of ether oxygens (including phenoxy) is 1. The van der Waals surface area contributed by atoms with Crippen LogP contribution in [0.25, 0.3) is 11.3 Å². The number of nitrogens with one attached hydrogen (secondary N) is 1. The Morgan fingerprint density at radius 2 is 2.07 bits per heavy atom. The van der Waals surface area contributed by atoms with Crippen molar-refractivity contribution in [3.05, 3.63) is 72.2 Å². The van der Waals surface area contributed by atoms with E-state index >= 15 is 0 Å². The molecule has 0 unspecified atom stereocenters. The summed E-state index contributed by atoms with van der Waals surface area (Å²) in [5.41, 5.74) is 3.55. The lowest BCUT2D eigenvalue weighted by Crippen LogP contribution is -2.37. The maximum Gasteiger partial charge on any atom is 0.254 e. The van der Waals surface area contributed by atoms with E-state index in [1.54, 1.807) is 18.6 Å². The molecule has 2 aromatic heterocycles. The molecule has 0 saturated carbocycles. The van der Waals surface area contributed by atoms with Gasteiger partial charge in [-0.25, -0.2) is 0 Å². The molecule has 1 aromatic carbocycles. The van der Waals surface area contributed by atoms with E-state index in [0.717, 1.165) is 36.3 Å². The molecule has 138 valence electrons. The second-order valence-corrected chi connectivity index (χ2v) is 6.73. The van der Waals surface area contributed by atoms with Crippen molar-refractivity contribution in [2.24, 2.45) is 0 Å². The summed E-state index contributed by atoms with van der Waals surface area (Å²) < 4.78 is 5.77. The highest BCUT2D eigenvalue weighted by Gasteiger charge is 2.24. The van der Waals surface area contributed by atoms with Crippen molar-refractivity contribution >= 4 is 5.91 Å². The van der Waals surface area contributed by atoms with Crippen molar-refractivity contribution in [1.82, 2.24) is 20.1 Å². The van der Waals surface area contributed by atoms with E-state index < -0.39 is 0 Å². The number of carbonyl (C=O) groups excluding carboxylic acids is 1. The Labute approximate surface area is 158 Å². The third-order valence-electron chi connectivity index (χ3n) is 4.78. The third-order valence-corrected chi connectivity index (χ3v) is 4.78. The molecular formula is C21H22N4O2. The van der Waals surface area contributed by atoms with Crippen molar-refractivity contribution in [3.63, 3.8) is 0 Å². The Balaban J connectivity index is 1.58. The van der Waals surface area contributed by atoms with Gasteiger partial charge in [-0.1, -0.05) is 12.1 Å². The van der Waals surface area contributed by atoms with Crippen molar-refractivity contribution in [3.8, 4) is 11.3 Å². The molecule has 1 atom stereocenters. The van der Waals surface area contributed by atoms with E-state index in [-0.39, 0.29) is 12.0 Å². The molecule has 4 rings (SSSR count). The maximum absolute atomic E-state index is 13.3. The summed E-state index contributed by atoms with van der Waals surface area (Å²) in [6.07, 6.45) is 7.36. The zero-order chi connectivity index (χ0) is 18.5. The maximum atomic E-state index is 13.3. The number of aromatic nitrogens is 3. The van der Waals surface area contributed by atoms with Crippen LogP contribution in [0.15, 0.2) is 61.1 Å². The zero-order valence-electron chi connectivity index (χ0n) is 15.0. The SMILES string of the molecule is O=C(c1cccc(-c2ccn[nH]2)c1)N(Cc1ccncc1)C[C@@H]1CCCO1. The van der Waals surface area contributed by atoms with Gasteiger partial charge < -0.3 is 9.64 Å². The number of amides is 1. The quantitative estimate of drug-likeness (QED) is 0.730. The summed E-state index contributed by atoms with van der Waals surface area (Å²) in [6, 6.07) is 13.4. The molecule has 0 radical (unpaired) electrons. The monoisotopic (exact) mass is 362 g/mol. The Bertz CT molecular complexity index is 874. The molecule has 3 aromatic rings. The lowest BCUT2D eigenvalue weighted by atomic mass is 10.1. The molecule has 3 heterocycles. The second kappa shape index (κ2) is 8.14. The first-order chi connectivity index (χ1) is 13.3. The van der Waals surface area contributed by atoms with Crippen molar-refractivity contribution < 1.29 is 9.53 Å². The van der Waals surface area contributed by atoms with E-state index in [1.165, 1.54) is 0 Å². The summed E-state index contributed by atoms with van der Waals surface area (Å²) in [4.78, 5) is 19.2. The molecule has 27 heavy (non-hydrogen) atoms. The van der Waals surface area contributed by atoms with Crippen molar-refractivity contribution in [2.75, 3.05) is 13.2 Å². The summed E-state index contributed by atoms with van der Waals surface area (Å²) in [5.74, 6) is 0.00341. The highest BCUT2D eigenvalue weighted by molar-refractivity contribution is 5.95. The minimum absolute atomic E-state index is 0.00341. The fourth-order valence-electron chi connectivity index (χ4n) is 3.38. The molecule has 1 amide bonds. The first-order valence-corrected chi connectivity index (χ1v) is 9.19. The molecule has 0 bridgehead atoms. The number of hydrogen-bond acceptors (Lipinski definition) is 4. The van der Waals surface area contributed by atoms with Gasteiger partial charge in [0.2, 0.25) is 0 Å². The van der Waals surface area contributed by atoms with Gasteiger partial charge in [0, 0.05) is 49.4 Å². The van der Waals surface area contributed by atoms with E-state index in [4.69, 9.17) is 4.74 Å². The van der Waals surface area contributed by atoms with Crippen LogP contribution in [0, 0.1) is 0 Å². The van der Waals surface area contributed by atoms with Crippen LogP contribution in [0.1, 0.15) is 28.8 Å². The second-order valence-electron chi connectivity index (χ2n) is 6.73. The number of pyridine rings is 1. The van der Waals surface area contributed by atoms with Crippen LogP contribution in [0.5, 0.6) is 0 Å². The molecule has 1 aliphatic heterocycles. The van der Waals surface area contributed by atoms with Gasteiger partial charge >= 0.3 is 0 Å². The number of rotatable bonds is 6. The number of H-pyrrole nitrogens is 1. The van der Waals surface area contributed by atoms with Crippen LogP contribution in [-0.4, -0.2) is 45.2 Å². The summed E-state index contributed by atoms with van der Waals surface area (Å²) in [5, 5.41) is 6.94. The average Bonchev–Trinajstić information content (AvgIpc) is 3.42. The number of nitrogens with zero attached hydrogens (tertiary/aromatic N) is 3. The van der Waals surface area contributed by atoms with Gasteiger partial charge in [0.05, 0.1) is 11.8 Å². The largest absolute Gasteiger partial charge is 0.376 e. The minimum Gasteiger partial charge on any atom is -0.376 e. The lowest BCUT2D eigenvalue weighted by molar-refractivity contribution is 0.0507. The van der Waals surface area contributed by atoms with Gasteiger partial charge in [0.25, 0.3) is 5.91 Å². The molecule has 0 aliphatic carbocycles. The van der Waals surface area contributed by atoms with Gasteiger partial charge in [0.1, 0.15) is 0 Å². The fraction of sp³-hybridized carbons (Fsp3) is 0.286. The first-order valence-electron chi connectivity index (χ1n) is 9.19. The molecule has 6 nitrogen and oxygen atoms in total. The van der Waals surface area contributed by atoms with Crippen LogP contribution in [-0.2, 0) is 11.3 Å². The summed E-state index contributed by atoms with van der Waals surface area (Å²) in [6.45, 7) is 1.90. The number of hydrogen-bond donors (Lipinski definition) is 1. The zero-order valence-corrected chi connectivity index (χ0v) is 15.0. The predicted molar refractivity (Wildman–Crippen MR) is 102 cm³/mol. The fourth-order valence-corrected chi connectivity index (χ4v) is 3.38. The molecule has 1 aliphatic rings. The third kappa shape index (κ3) is 4.23. The number of benzene rings is 1. The average molecular weight is 362 g/mol. The van der Waals surface area contributed by atoms with Crippen LogP contribution >= 0.6 is 0 Å². The van der Waals surface area contributed by atoms with Crippen molar-refractivity contribution in [1.29, 1.82) is 0 Å². The van der Waals surface area contributed by atoms with Crippen LogP contribution < -0.4 is 0 Å². The Hall–Kier alpha value is -2.99. The van der Waals surface area contributed by atoms with E-state index in [9.17, 15) is 4.79 Å². The van der Waals surface area contributed by atoms with Gasteiger partial charge in [-0.3, -0.25) is 14.9 Å². The van der Waals surface area contributed by atoms with Gasteiger partial charge in [0.15, 0.2) is 0 Å². The highest BCUT2D eigenvalue weighted by atomic mass is 16.5. The Kier molecular flexibility index (Phi) is 5.25. The molecule has 0 spiro atoms. The van der Waals surface area contributed by atoms with Gasteiger partial charge in [-0.2, -0.15) is 5.10 Å². The summed E-state index contributed by atoms with van der Waals surface area (Å²) in [7, 11) is 0. The standard InChI is InChI=1S/C21H22N4O2/c26-21(18-4-1-3-17(13-18)20-8-11-23-24-20)25(15-19-5-2-12-27-19)14-16-6-9-22-10-7-16/h1,3-4,6-11,13,19H,2,5,12,14-15H2,(H,23,24)/t19-/m0/s1.